The molecule has 8 heteroatoms. The van der Waals surface area contributed by atoms with Gasteiger partial charge in [0.1, 0.15) is 5.82 Å². The molecule has 0 aliphatic carbocycles. The number of carbonyl (C=O) groups excluding carboxylic acids is 1. The number of hydrogen-bond acceptors (Lipinski definition) is 7. The van der Waals surface area contributed by atoms with Crippen molar-refractivity contribution < 1.29 is 9.32 Å². The van der Waals surface area contributed by atoms with E-state index in [0.717, 1.165) is 23.6 Å². The molecule has 2 aromatic heterocycles. The maximum Gasteiger partial charge on any atom is 0.276 e. The number of aromatic nitrogens is 3. The highest BCUT2D eigenvalue weighted by Gasteiger charge is 2.25. The van der Waals surface area contributed by atoms with Crippen molar-refractivity contribution in [1.82, 2.24) is 20.0 Å². The Kier molecular flexibility index (Phi) is 5.41. The van der Waals surface area contributed by atoms with Gasteiger partial charge in [-0.2, -0.15) is 4.98 Å². The lowest BCUT2D eigenvalue weighted by Crippen LogP contribution is -2.49. The average Bonchev–Trinajstić information content (AvgIpc) is 3.24. The van der Waals surface area contributed by atoms with Crippen LogP contribution in [0.15, 0.2) is 47.0 Å². The van der Waals surface area contributed by atoms with Crippen molar-refractivity contribution in [2.45, 2.75) is 13.8 Å². The van der Waals surface area contributed by atoms with Crippen LogP contribution in [-0.2, 0) is 0 Å². The van der Waals surface area contributed by atoms with Gasteiger partial charge in [-0.1, -0.05) is 35.5 Å². The Morgan fingerprint density at radius 3 is 2.59 bits per heavy atom. The van der Waals surface area contributed by atoms with Gasteiger partial charge in [0.05, 0.1) is 0 Å². The zero-order chi connectivity index (χ0) is 20.2. The molecular formula is C21H24N6O2. The first-order chi connectivity index (χ1) is 14.1. The van der Waals surface area contributed by atoms with Crippen molar-refractivity contribution in [3.63, 3.8) is 0 Å². The minimum absolute atomic E-state index is 0.109. The zero-order valence-corrected chi connectivity index (χ0v) is 16.6. The minimum Gasteiger partial charge on any atom is -0.355 e. The van der Waals surface area contributed by atoms with Crippen LogP contribution in [0.3, 0.4) is 0 Å². The summed E-state index contributed by atoms with van der Waals surface area (Å²) in [5.74, 6) is 2.01. The van der Waals surface area contributed by atoms with E-state index in [1.165, 1.54) is 0 Å². The predicted octanol–water partition coefficient (Wildman–Crippen LogP) is 2.83. The van der Waals surface area contributed by atoms with E-state index in [-0.39, 0.29) is 5.91 Å². The lowest BCUT2D eigenvalue weighted by molar-refractivity contribution is 0.0736. The second-order valence-electron chi connectivity index (χ2n) is 6.94. The van der Waals surface area contributed by atoms with Crippen molar-refractivity contribution in [3.8, 4) is 11.3 Å². The molecule has 1 fully saturated rings. The fraction of sp³-hybridized carbons (Fsp3) is 0.333. The van der Waals surface area contributed by atoms with Crippen LogP contribution in [0.25, 0.3) is 11.3 Å². The highest BCUT2D eigenvalue weighted by atomic mass is 16.5. The van der Waals surface area contributed by atoms with Gasteiger partial charge < -0.3 is 19.6 Å². The topological polar surface area (TPSA) is 87.4 Å². The van der Waals surface area contributed by atoms with Gasteiger partial charge in [0.25, 0.3) is 5.91 Å². The molecule has 0 radical (unpaired) electrons. The van der Waals surface area contributed by atoms with Gasteiger partial charge in [0.2, 0.25) is 5.95 Å². The molecule has 1 aromatic carbocycles. The number of aryl methyl sites for hydroxylation is 1. The van der Waals surface area contributed by atoms with Gasteiger partial charge in [-0.05, 0) is 13.8 Å². The Bertz CT molecular complexity index is 980. The lowest BCUT2D eigenvalue weighted by Gasteiger charge is -2.35. The van der Waals surface area contributed by atoms with E-state index in [9.17, 15) is 4.79 Å². The number of nitrogens with zero attached hydrogens (tertiary/aromatic N) is 5. The van der Waals surface area contributed by atoms with E-state index in [2.05, 4.69) is 25.3 Å². The van der Waals surface area contributed by atoms with Crippen LogP contribution < -0.4 is 10.2 Å². The zero-order valence-electron chi connectivity index (χ0n) is 16.6. The standard InChI is InChI=1S/C21H24N6O2/c1-3-22-21-23-15(2)13-19(24-21)26-9-11-27(12-10-26)20(28)17-14-18(29-25-17)16-7-5-4-6-8-16/h4-8,13-14H,3,9-12H2,1-2H3,(H,22,23,24). The smallest absolute Gasteiger partial charge is 0.276 e. The molecule has 0 atom stereocenters. The van der Waals surface area contributed by atoms with Gasteiger partial charge in [-0.15, -0.1) is 0 Å². The van der Waals surface area contributed by atoms with Gasteiger partial charge >= 0.3 is 0 Å². The third kappa shape index (κ3) is 4.21. The second kappa shape index (κ2) is 8.30. The molecule has 3 aromatic rings. The summed E-state index contributed by atoms with van der Waals surface area (Å²) in [6.07, 6.45) is 0. The average molecular weight is 392 g/mol. The quantitative estimate of drug-likeness (QED) is 0.714. The van der Waals surface area contributed by atoms with Gasteiger partial charge in [-0.25, -0.2) is 4.98 Å². The number of nitrogens with one attached hydrogen (secondary N) is 1. The number of rotatable bonds is 5. The molecule has 8 nitrogen and oxygen atoms in total. The van der Waals surface area contributed by atoms with Crippen LogP contribution in [0.1, 0.15) is 23.1 Å². The first-order valence-electron chi connectivity index (χ1n) is 9.80. The summed E-state index contributed by atoms with van der Waals surface area (Å²) >= 11 is 0. The van der Waals surface area contributed by atoms with E-state index in [1.54, 1.807) is 6.07 Å². The van der Waals surface area contributed by atoms with Crippen LogP contribution in [0.4, 0.5) is 11.8 Å². The lowest BCUT2D eigenvalue weighted by atomic mass is 10.1. The Labute approximate surface area is 169 Å². The summed E-state index contributed by atoms with van der Waals surface area (Å²) in [5.41, 5.74) is 2.16. The summed E-state index contributed by atoms with van der Waals surface area (Å²) in [4.78, 5) is 25.8. The van der Waals surface area contributed by atoms with E-state index >= 15 is 0 Å². The number of carbonyl (C=O) groups is 1. The van der Waals surface area contributed by atoms with Crippen LogP contribution >= 0.6 is 0 Å². The van der Waals surface area contributed by atoms with Crippen molar-refractivity contribution >= 4 is 17.7 Å². The summed E-state index contributed by atoms with van der Waals surface area (Å²) < 4.78 is 5.37. The maximum absolute atomic E-state index is 12.8. The third-order valence-corrected chi connectivity index (χ3v) is 4.85. The fourth-order valence-corrected chi connectivity index (χ4v) is 3.37. The predicted molar refractivity (Wildman–Crippen MR) is 111 cm³/mol. The molecule has 1 aliphatic heterocycles. The Balaban J connectivity index is 1.41. The van der Waals surface area contributed by atoms with Crippen molar-refractivity contribution in [2.24, 2.45) is 0 Å². The molecular weight excluding hydrogens is 368 g/mol. The van der Waals surface area contributed by atoms with E-state index in [4.69, 9.17) is 4.52 Å². The number of benzene rings is 1. The molecule has 1 N–H and O–H groups in total. The molecule has 0 saturated carbocycles. The first-order valence-corrected chi connectivity index (χ1v) is 9.80. The molecule has 4 rings (SSSR count). The summed E-state index contributed by atoms with van der Waals surface area (Å²) in [7, 11) is 0. The van der Waals surface area contributed by atoms with E-state index in [0.29, 0.717) is 43.6 Å². The number of anilines is 2. The Morgan fingerprint density at radius 1 is 1.10 bits per heavy atom. The third-order valence-electron chi connectivity index (χ3n) is 4.85. The number of hydrogen-bond donors (Lipinski definition) is 1. The molecule has 29 heavy (non-hydrogen) atoms. The largest absolute Gasteiger partial charge is 0.355 e. The number of amides is 1. The summed E-state index contributed by atoms with van der Waals surface area (Å²) in [6, 6.07) is 13.3. The molecule has 0 bridgehead atoms. The van der Waals surface area contributed by atoms with E-state index < -0.39 is 0 Å². The highest BCUT2D eigenvalue weighted by Crippen LogP contribution is 2.22. The molecule has 0 unspecified atom stereocenters. The normalized spacial score (nSPS) is 14.1. The van der Waals surface area contributed by atoms with Gasteiger partial charge in [0.15, 0.2) is 11.5 Å². The van der Waals surface area contributed by atoms with E-state index in [1.807, 2.05) is 55.1 Å². The summed E-state index contributed by atoms with van der Waals surface area (Å²) in [5, 5.41) is 7.14. The van der Waals surface area contributed by atoms with Crippen LogP contribution in [0, 0.1) is 6.92 Å². The Morgan fingerprint density at radius 2 is 1.86 bits per heavy atom. The maximum atomic E-state index is 12.8. The second-order valence-corrected chi connectivity index (χ2v) is 6.94. The first kappa shape index (κ1) is 18.9. The molecule has 1 amide bonds. The van der Waals surface area contributed by atoms with Crippen LogP contribution in [0.2, 0.25) is 0 Å². The number of piperazine rings is 1. The van der Waals surface area contributed by atoms with Crippen LogP contribution in [0.5, 0.6) is 0 Å². The highest BCUT2D eigenvalue weighted by molar-refractivity contribution is 5.93. The molecule has 1 aliphatic rings. The van der Waals surface area contributed by atoms with Gasteiger partial charge in [-0.3, -0.25) is 4.79 Å². The minimum atomic E-state index is -0.109. The molecule has 1 saturated heterocycles. The van der Waals surface area contributed by atoms with Crippen molar-refractivity contribution in [3.05, 3.63) is 53.9 Å². The van der Waals surface area contributed by atoms with Crippen molar-refractivity contribution in [1.29, 1.82) is 0 Å². The SMILES string of the molecule is CCNc1nc(C)cc(N2CCN(C(=O)c3cc(-c4ccccc4)on3)CC2)n1. The molecule has 150 valence electrons. The molecule has 3 heterocycles. The van der Waals surface area contributed by atoms with Crippen molar-refractivity contribution in [2.75, 3.05) is 42.9 Å². The molecule has 0 spiro atoms. The van der Waals surface area contributed by atoms with Crippen LogP contribution in [-0.4, -0.2) is 58.7 Å². The summed E-state index contributed by atoms with van der Waals surface area (Å²) in [6.45, 7) is 7.36. The monoisotopic (exact) mass is 392 g/mol. The fourth-order valence-electron chi connectivity index (χ4n) is 3.37. The van der Waals surface area contributed by atoms with Gasteiger partial charge in [0, 0.05) is 56.1 Å². The Hall–Kier alpha value is -3.42.